The first-order valence-electron chi connectivity index (χ1n) is 7.71. The van der Waals surface area contributed by atoms with Crippen LogP contribution in [0.3, 0.4) is 0 Å². The van der Waals surface area contributed by atoms with Crippen LogP contribution in [-0.2, 0) is 4.79 Å². The van der Waals surface area contributed by atoms with Crippen LogP contribution in [0.15, 0.2) is 48.7 Å². The van der Waals surface area contributed by atoms with E-state index >= 15 is 0 Å². The third-order valence-electron chi connectivity index (χ3n) is 4.15. The van der Waals surface area contributed by atoms with Crippen molar-refractivity contribution in [3.05, 3.63) is 65.7 Å². The van der Waals surface area contributed by atoms with Crippen LogP contribution in [0.1, 0.15) is 42.9 Å². The number of halogens is 1. The number of carbonyl (C=O) groups is 1. The van der Waals surface area contributed by atoms with E-state index in [2.05, 4.69) is 10.3 Å². The van der Waals surface area contributed by atoms with E-state index < -0.39 is 5.92 Å². The van der Waals surface area contributed by atoms with Gasteiger partial charge in [-0.05, 0) is 42.7 Å². The predicted octanol–water partition coefficient (Wildman–Crippen LogP) is 3.41. The molecule has 114 valence electrons. The van der Waals surface area contributed by atoms with E-state index in [0.29, 0.717) is 5.69 Å². The number of hydrogen-bond acceptors (Lipinski definition) is 2. The second-order valence-electron chi connectivity index (χ2n) is 5.73. The van der Waals surface area contributed by atoms with Gasteiger partial charge in [-0.15, -0.1) is 0 Å². The van der Waals surface area contributed by atoms with E-state index in [1.165, 1.54) is 12.1 Å². The summed E-state index contributed by atoms with van der Waals surface area (Å²) in [6.45, 7) is 0. The van der Waals surface area contributed by atoms with Gasteiger partial charge in [-0.25, -0.2) is 4.39 Å². The van der Waals surface area contributed by atoms with Crippen molar-refractivity contribution in [1.29, 1.82) is 0 Å². The summed E-state index contributed by atoms with van der Waals surface area (Å²) in [5, 5.41) is 3.12. The number of rotatable bonds is 4. The molecular weight excluding hydrogens is 279 g/mol. The van der Waals surface area contributed by atoms with E-state index in [1.54, 1.807) is 18.3 Å². The summed E-state index contributed by atoms with van der Waals surface area (Å²) in [4.78, 5) is 17.1. The highest BCUT2D eigenvalue weighted by Gasteiger charge is 2.27. The Kier molecular flexibility index (Phi) is 4.47. The lowest BCUT2D eigenvalue weighted by Crippen LogP contribution is -2.37. The average Bonchev–Trinajstić information content (AvgIpc) is 3.03. The second kappa shape index (κ2) is 6.69. The number of amides is 1. The Bertz CT molecular complexity index is 621. The fraction of sp³-hybridized carbons (Fsp3) is 0.333. The number of hydrogen-bond donors (Lipinski definition) is 1. The molecule has 1 heterocycles. The van der Waals surface area contributed by atoms with Gasteiger partial charge in [0.05, 0.1) is 5.69 Å². The van der Waals surface area contributed by atoms with E-state index in [1.807, 2.05) is 18.2 Å². The number of nitrogens with zero attached hydrogens (tertiary/aromatic N) is 1. The van der Waals surface area contributed by atoms with Gasteiger partial charge < -0.3 is 5.32 Å². The molecule has 3 rings (SSSR count). The maximum absolute atomic E-state index is 13.2. The first-order chi connectivity index (χ1) is 10.7. The average molecular weight is 298 g/mol. The molecular formula is C18H19FN2O. The van der Waals surface area contributed by atoms with E-state index in [0.717, 1.165) is 31.2 Å². The Balaban J connectivity index is 1.88. The summed E-state index contributed by atoms with van der Waals surface area (Å²) in [5.74, 6) is -0.862. The summed E-state index contributed by atoms with van der Waals surface area (Å²) >= 11 is 0. The monoisotopic (exact) mass is 298 g/mol. The Morgan fingerprint density at radius 2 is 1.86 bits per heavy atom. The molecule has 4 heteroatoms. The largest absolute Gasteiger partial charge is 0.352 e. The molecule has 0 aliphatic heterocycles. The number of nitrogens with one attached hydrogen (secondary N) is 1. The van der Waals surface area contributed by atoms with Gasteiger partial charge in [-0.2, -0.15) is 0 Å². The van der Waals surface area contributed by atoms with Crippen LogP contribution in [0.25, 0.3) is 0 Å². The highest BCUT2D eigenvalue weighted by molar-refractivity contribution is 5.86. The number of aromatic nitrogens is 1. The highest BCUT2D eigenvalue weighted by atomic mass is 19.1. The molecule has 1 saturated carbocycles. The fourth-order valence-corrected chi connectivity index (χ4v) is 3.01. The zero-order chi connectivity index (χ0) is 15.4. The van der Waals surface area contributed by atoms with Crippen molar-refractivity contribution in [2.75, 3.05) is 0 Å². The van der Waals surface area contributed by atoms with Crippen molar-refractivity contribution in [1.82, 2.24) is 10.3 Å². The van der Waals surface area contributed by atoms with Gasteiger partial charge in [0.1, 0.15) is 11.7 Å². The number of benzene rings is 1. The normalized spacial score (nSPS) is 16.4. The van der Waals surface area contributed by atoms with E-state index in [-0.39, 0.29) is 17.8 Å². The maximum Gasteiger partial charge on any atom is 0.233 e. The van der Waals surface area contributed by atoms with Crippen molar-refractivity contribution in [3.63, 3.8) is 0 Å². The maximum atomic E-state index is 13.2. The first-order valence-corrected chi connectivity index (χ1v) is 7.71. The molecule has 1 amide bonds. The van der Waals surface area contributed by atoms with Gasteiger partial charge in [0.15, 0.2) is 0 Å². The van der Waals surface area contributed by atoms with Gasteiger partial charge in [-0.1, -0.05) is 31.0 Å². The lowest BCUT2D eigenvalue weighted by Gasteiger charge is -2.20. The summed E-state index contributed by atoms with van der Waals surface area (Å²) in [5.41, 5.74) is 1.44. The molecule has 22 heavy (non-hydrogen) atoms. The number of pyridine rings is 1. The van der Waals surface area contributed by atoms with Gasteiger partial charge in [0.25, 0.3) is 0 Å². The van der Waals surface area contributed by atoms with Crippen molar-refractivity contribution >= 4 is 5.91 Å². The third kappa shape index (κ3) is 3.32. The quantitative estimate of drug-likeness (QED) is 0.940. The molecule has 0 radical (unpaired) electrons. The van der Waals surface area contributed by atoms with E-state index in [9.17, 15) is 9.18 Å². The molecule has 0 bridgehead atoms. The summed E-state index contributed by atoms with van der Waals surface area (Å²) in [6.07, 6.45) is 6.06. The minimum Gasteiger partial charge on any atom is -0.352 e. The molecule has 3 nitrogen and oxygen atoms in total. The molecule has 1 N–H and O–H groups in total. The van der Waals surface area contributed by atoms with Gasteiger partial charge in [0.2, 0.25) is 5.91 Å². The van der Waals surface area contributed by atoms with Crippen LogP contribution >= 0.6 is 0 Å². The SMILES string of the molecule is O=C(NC1CCCC1)C(c1ccc(F)cc1)c1ccccn1. The van der Waals surface area contributed by atoms with Crippen LogP contribution in [-0.4, -0.2) is 16.9 Å². The standard InChI is InChI=1S/C18H19FN2O/c19-14-10-8-13(9-11-14)17(16-7-3-4-12-20-16)18(22)21-15-5-1-2-6-15/h3-4,7-12,15,17H,1-2,5-6H2,(H,21,22). The van der Waals surface area contributed by atoms with Crippen LogP contribution in [0.4, 0.5) is 4.39 Å². The van der Waals surface area contributed by atoms with Crippen molar-refractivity contribution in [2.45, 2.75) is 37.6 Å². The van der Waals surface area contributed by atoms with Crippen molar-refractivity contribution in [3.8, 4) is 0 Å². The topological polar surface area (TPSA) is 42.0 Å². The zero-order valence-electron chi connectivity index (χ0n) is 12.3. The predicted molar refractivity (Wildman–Crippen MR) is 82.9 cm³/mol. The fourth-order valence-electron chi connectivity index (χ4n) is 3.01. The summed E-state index contributed by atoms with van der Waals surface area (Å²) < 4.78 is 13.2. The molecule has 2 aromatic rings. The molecule has 0 spiro atoms. The molecule has 1 atom stereocenters. The molecule has 1 aliphatic rings. The molecule has 1 aromatic heterocycles. The van der Waals surface area contributed by atoms with Gasteiger partial charge in [-0.3, -0.25) is 9.78 Å². The van der Waals surface area contributed by atoms with Crippen molar-refractivity contribution < 1.29 is 9.18 Å². The summed E-state index contributed by atoms with van der Waals surface area (Å²) in [6, 6.07) is 11.8. The molecule has 1 unspecified atom stereocenters. The Hall–Kier alpha value is -2.23. The second-order valence-corrected chi connectivity index (χ2v) is 5.73. The minimum atomic E-state index is -0.498. The molecule has 1 fully saturated rings. The first kappa shape index (κ1) is 14.7. The summed E-state index contributed by atoms with van der Waals surface area (Å²) in [7, 11) is 0. The molecule has 1 aromatic carbocycles. The van der Waals surface area contributed by atoms with E-state index in [4.69, 9.17) is 0 Å². The van der Waals surface area contributed by atoms with Gasteiger partial charge >= 0.3 is 0 Å². The third-order valence-corrected chi connectivity index (χ3v) is 4.15. The minimum absolute atomic E-state index is 0.0581. The van der Waals surface area contributed by atoms with Crippen LogP contribution in [0, 0.1) is 5.82 Å². The highest BCUT2D eigenvalue weighted by Crippen LogP contribution is 2.25. The van der Waals surface area contributed by atoms with Crippen LogP contribution in [0.2, 0.25) is 0 Å². The Morgan fingerprint density at radius 3 is 2.50 bits per heavy atom. The van der Waals surface area contributed by atoms with Crippen LogP contribution < -0.4 is 5.32 Å². The lowest BCUT2D eigenvalue weighted by molar-refractivity contribution is -0.122. The van der Waals surface area contributed by atoms with Crippen LogP contribution in [0.5, 0.6) is 0 Å². The zero-order valence-corrected chi connectivity index (χ0v) is 12.3. The van der Waals surface area contributed by atoms with Gasteiger partial charge in [0, 0.05) is 12.2 Å². The lowest BCUT2D eigenvalue weighted by atomic mass is 9.93. The number of carbonyl (C=O) groups excluding carboxylic acids is 1. The van der Waals surface area contributed by atoms with Crippen molar-refractivity contribution in [2.24, 2.45) is 0 Å². The smallest absolute Gasteiger partial charge is 0.233 e. The molecule has 1 aliphatic carbocycles. The Morgan fingerprint density at radius 1 is 1.14 bits per heavy atom. The molecule has 0 saturated heterocycles. The Labute approximate surface area is 129 Å².